The van der Waals surface area contributed by atoms with Crippen LogP contribution in [0.15, 0.2) is 67.4 Å². The highest BCUT2D eigenvalue weighted by atomic mass is 15.2. The van der Waals surface area contributed by atoms with Gasteiger partial charge in [-0.3, -0.25) is 0 Å². The van der Waals surface area contributed by atoms with E-state index in [2.05, 4.69) is 112 Å². The molecule has 0 radical (unpaired) electrons. The molecule has 3 N–H and O–H groups in total. The Morgan fingerprint density at radius 3 is 2.35 bits per heavy atom. The van der Waals surface area contributed by atoms with E-state index in [1.165, 1.54) is 11.3 Å². The van der Waals surface area contributed by atoms with Crippen molar-refractivity contribution < 1.29 is 0 Å². The van der Waals surface area contributed by atoms with Crippen molar-refractivity contribution in [3.63, 3.8) is 0 Å². The number of benzene rings is 2. The molecule has 192 valence electrons. The summed E-state index contributed by atoms with van der Waals surface area (Å²) in [6.45, 7) is 15.0. The minimum Gasteiger partial charge on any atom is -0.369 e. The first-order valence-corrected chi connectivity index (χ1v) is 13.3. The van der Waals surface area contributed by atoms with Gasteiger partial charge in [0.15, 0.2) is 0 Å². The zero-order chi connectivity index (χ0) is 25.8. The van der Waals surface area contributed by atoms with Crippen LogP contribution in [0.3, 0.4) is 0 Å². The van der Waals surface area contributed by atoms with Gasteiger partial charge in [-0.05, 0) is 62.2 Å². The maximum Gasteiger partial charge on any atom is 0.229 e. The number of aryl methyl sites for hydroxylation is 1. The molecule has 7 nitrogen and oxygen atoms in total. The predicted octanol–water partition coefficient (Wildman–Crippen LogP) is 6.34. The second-order valence-corrected chi connectivity index (χ2v) is 9.72. The monoisotopic (exact) mass is 495 g/mol. The van der Waals surface area contributed by atoms with E-state index < -0.39 is 0 Å². The Morgan fingerprint density at radius 1 is 1.00 bits per heavy atom. The average Bonchev–Trinajstić information content (AvgIpc) is 3.31. The molecule has 1 aliphatic rings. The van der Waals surface area contributed by atoms with Crippen molar-refractivity contribution in [2.75, 3.05) is 41.7 Å². The van der Waals surface area contributed by atoms with Crippen LogP contribution in [0.2, 0.25) is 0 Å². The van der Waals surface area contributed by atoms with E-state index in [9.17, 15) is 0 Å². The Hall–Kier alpha value is -3.84. The zero-order valence-electron chi connectivity index (χ0n) is 22.1. The third-order valence-electron chi connectivity index (χ3n) is 7.15. The molecular formula is C30H37N7. The van der Waals surface area contributed by atoms with E-state index in [0.717, 1.165) is 72.8 Å². The summed E-state index contributed by atoms with van der Waals surface area (Å²) >= 11 is 0. The van der Waals surface area contributed by atoms with Crippen LogP contribution in [0.1, 0.15) is 44.0 Å². The van der Waals surface area contributed by atoms with Crippen molar-refractivity contribution in [2.45, 2.75) is 39.7 Å². The number of nitrogens with zero attached hydrogens (tertiary/aromatic N) is 4. The molecule has 0 amide bonds. The highest BCUT2D eigenvalue weighted by Gasteiger charge is 2.19. The van der Waals surface area contributed by atoms with Crippen molar-refractivity contribution >= 4 is 39.7 Å². The smallest absolute Gasteiger partial charge is 0.229 e. The highest BCUT2D eigenvalue weighted by molar-refractivity contribution is 5.86. The summed E-state index contributed by atoms with van der Waals surface area (Å²) < 4.78 is 2.32. The quantitative estimate of drug-likeness (QED) is 0.252. The van der Waals surface area contributed by atoms with Crippen LogP contribution >= 0.6 is 0 Å². The van der Waals surface area contributed by atoms with E-state index in [0.29, 0.717) is 12.0 Å². The molecule has 2 aromatic carbocycles. The van der Waals surface area contributed by atoms with Crippen molar-refractivity contribution in [1.82, 2.24) is 19.9 Å². The van der Waals surface area contributed by atoms with Gasteiger partial charge >= 0.3 is 0 Å². The average molecular weight is 496 g/mol. The molecule has 1 saturated heterocycles. The van der Waals surface area contributed by atoms with Crippen LogP contribution in [0.5, 0.6) is 0 Å². The number of aromatic nitrogens is 3. The van der Waals surface area contributed by atoms with Crippen LogP contribution in [0, 0.1) is 6.92 Å². The molecule has 4 aromatic rings. The molecule has 0 atom stereocenters. The predicted molar refractivity (Wildman–Crippen MR) is 156 cm³/mol. The molecule has 1 aliphatic heterocycles. The summed E-state index contributed by atoms with van der Waals surface area (Å²) in [4.78, 5) is 12.0. The standard InChI is InChI=1S/C30H37N7/c1-5-26(6-2)37-28(22(4)33-24-9-7-21(3)8-10-24)19-23-20-32-30(35-29(23)37)34-25-11-13-27(14-12-25)36-17-15-31-16-18-36/h7-14,19-20,26,31,33H,4-6,15-18H2,1-3H3,(H,32,34,35). The minimum atomic E-state index is 0.310. The molecule has 1 fully saturated rings. The van der Waals surface area contributed by atoms with E-state index in [1.807, 2.05) is 6.20 Å². The summed E-state index contributed by atoms with van der Waals surface area (Å²) in [6, 6.07) is 19.4. The number of hydrogen-bond donors (Lipinski definition) is 3. The Balaban J connectivity index is 1.42. The van der Waals surface area contributed by atoms with Crippen molar-refractivity contribution in [1.29, 1.82) is 0 Å². The molecule has 3 heterocycles. The number of rotatable bonds is 9. The number of fused-ring (bicyclic) bond motifs is 1. The maximum atomic E-state index is 4.97. The van der Waals surface area contributed by atoms with Gasteiger partial charge in [0.25, 0.3) is 0 Å². The fraction of sp³-hybridized carbons (Fsp3) is 0.333. The van der Waals surface area contributed by atoms with Gasteiger partial charge < -0.3 is 25.4 Å². The second-order valence-electron chi connectivity index (χ2n) is 9.72. The van der Waals surface area contributed by atoms with E-state index >= 15 is 0 Å². The fourth-order valence-electron chi connectivity index (χ4n) is 5.01. The first-order valence-electron chi connectivity index (χ1n) is 13.3. The van der Waals surface area contributed by atoms with Crippen LogP contribution in [0.25, 0.3) is 16.7 Å². The maximum absolute atomic E-state index is 4.97. The summed E-state index contributed by atoms with van der Waals surface area (Å²) in [5, 5.41) is 11.3. The van der Waals surface area contributed by atoms with Gasteiger partial charge in [0.1, 0.15) is 5.65 Å². The largest absolute Gasteiger partial charge is 0.369 e. The number of nitrogens with one attached hydrogen (secondary N) is 3. The van der Waals surface area contributed by atoms with Gasteiger partial charge in [0.2, 0.25) is 5.95 Å². The molecule has 0 bridgehead atoms. The molecule has 5 rings (SSSR count). The minimum absolute atomic E-state index is 0.310. The lowest BCUT2D eigenvalue weighted by molar-refractivity contribution is 0.480. The summed E-state index contributed by atoms with van der Waals surface area (Å²) in [6.07, 6.45) is 3.91. The number of hydrogen-bond acceptors (Lipinski definition) is 6. The third kappa shape index (κ3) is 5.47. The van der Waals surface area contributed by atoms with Crippen LogP contribution in [-0.2, 0) is 0 Å². The lowest BCUT2D eigenvalue weighted by Crippen LogP contribution is -2.43. The Morgan fingerprint density at radius 2 is 1.68 bits per heavy atom. The lowest BCUT2D eigenvalue weighted by atomic mass is 10.1. The molecule has 2 aromatic heterocycles. The Bertz CT molecular complexity index is 1350. The summed E-state index contributed by atoms with van der Waals surface area (Å²) in [5.41, 5.74) is 7.29. The lowest BCUT2D eigenvalue weighted by Gasteiger charge is -2.29. The van der Waals surface area contributed by atoms with Gasteiger partial charge in [0.05, 0.1) is 11.4 Å². The second kappa shape index (κ2) is 11.0. The number of piperazine rings is 1. The van der Waals surface area contributed by atoms with Crippen LogP contribution in [-0.4, -0.2) is 40.7 Å². The van der Waals surface area contributed by atoms with Gasteiger partial charge in [-0.25, -0.2) is 4.98 Å². The zero-order valence-corrected chi connectivity index (χ0v) is 22.1. The van der Waals surface area contributed by atoms with Gasteiger partial charge in [-0.2, -0.15) is 4.98 Å². The number of anilines is 4. The van der Waals surface area contributed by atoms with Crippen molar-refractivity contribution in [2.24, 2.45) is 0 Å². The van der Waals surface area contributed by atoms with Crippen molar-refractivity contribution in [3.8, 4) is 0 Å². The molecule has 0 unspecified atom stereocenters. The highest BCUT2D eigenvalue weighted by Crippen LogP contribution is 2.31. The molecule has 7 heteroatoms. The van der Waals surface area contributed by atoms with E-state index in [4.69, 9.17) is 4.98 Å². The first kappa shape index (κ1) is 24.8. The van der Waals surface area contributed by atoms with Gasteiger partial charge in [0, 0.05) is 60.9 Å². The van der Waals surface area contributed by atoms with Gasteiger partial charge in [-0.1, -0.05) is 38.1 Å². The molecule has 0 saturated carbocycles. The summed E-state index contributed by atoms with van der Waals surface area (Å²) in [7, 11) is 0. The Labute approximate surface area is 219 Å². The topological polar surface area (TPSA) is 70.0 Å². The SMILES string of the molecule is C=C(Nc1ccc(C)cc1)c1cc2cnc(Nc3ccc(N4CCNCC4)cc3)nc2n1C(CC)CC. The summed E-state index contributed by atoms with van der Waals surface area (Å²) in [5.74, 6) is 0.594. The van der Waals surface area contributed by atoms with Crippen LogP contribution in [0.4, 0.5) is 23.0 Å². The third-order valence-corrected chi connectivity index (χ3v) is 7.15. The van der Waals surface area contributed by atoms with Crippen LogP contribution < -0.4 is 20.9 Å². The normalized spacial score (nSPS) is 13.8. The molecular weight excluding hydrogens is 458 g/mol. The van der Waals surface area contributed by atoms with E-state index in [-0.39, 0.29) is 0 Å². The molecule has 37 heavy (non-hydrogen) atoms. The van der Waals surface area contributed by atoms with E-state index in [1.54, 1.807) is 0 Å². The van der Waals surface area contributed by atoms with Gasteiger partial charge in [-0.15, -0.1) is 0 Å². The van der Waals surface area contributed by atoms with Crippen molar-refractivity contribution in [3.05, 3.63) is 78.6 Å². The molecule has 0 aliphatic carbocycles. The molecule has 0 spiro atoms. The fourth-order valence-corrected chi connectivity index (χ4v) is 5.01. The first-order chi connectivity index (χ1) is 18.1. The Kier molecular flexibility index (Phi) is 7.42.